The first-order valence-corrected chi connectivity index (χ1v) is 7.70. The molecule has 0 unspecified atom stereocenters. The smallest absolute Gasteiger partial charge is 0.254 e. The number of amides is 1. The lowest BCUT2D eigenvalue weighted by Gasteiger charge is -2.33. The minimum absolute atomic E-state index is 0.0256. The van der Waals surface area contributed by atoms with Gasteiger partial charge in [0.05, 0.1) is 13.2 Å². The van der Waals surface area contributed by atoms with Crippen molar-refractivity contribution in [1.29, 1.82) is 0 Å². The lowest BCUT2D eigenvalue weighted by molar-refractivity contribution is 0.0679. The molecule has 110 valence electrons. The summed E-state index contributed by atoms with van der Waals surface area (Å²) in [5.41, 5.74) is 1.56. The molecular weight excluding hydrogens is 289 g/mol. The maximum Gasteiger partial charge on any atom is 0.254 e. The van der Waals surface area contributed by atoms with E-state index in [9.17, 15) is 9.18 Å². The molecule has 1 aromatic carbocycles. The number of benzene rings is 1. The summed E-state index contributed by atoms with van der Waals surface area (Å²) in [5, 5.41) is 2.06. The van der Waals surface area contributed by atoms with Crippen molar-refractivity contribution in [3.8, 4) is 5.75 Å². The molecule has 3 nitrogen and oxygen atoms in total. The Balaban J connectivity index is 1.88. The summed E-state index contributed by atoms with van der Waals surface area (Å²) in [6.45, 7) is 2.68. The molecular formula is C16H16FNO2S. The number of hydrogen-bond donors (Lipinski definition) is 0. The Morgan fingerprint density at radius 2 is 2.24 bits per heavy atom. The van der Waals surface area contributed by atoms with Gasteiger partial charge in [-0.3, -0.25) is 4.79 Å². The van der Waals surface area contributed by atoms with Crippen LogP contribution in [0.3, 0.4) is 0 Å². The van der Waals surface area contributed by atoms with Crippen LogP contribution in [0, 0.1) is 5.82 Å². The van der Waals surface area contributed by atoms with Gasteiger partial charge in [-0.05, 0) is 48.6 Å². The number of halogens is 1. The van der Waals surface area contributed by atoms with E-state index in [1.54, 1.807) is 22.3 Å². The molecule has 2 heterocycles. The number of hydrogen-bond acceptors (Lipinski definition) is 3. The molecule has 2 aromatic rings. The van der Waals surface area contributed by atoms with Crippen LogP contribution in [0.4, 0.5) is 4.39 Å². The highest BCUT2D eigenvalue weighted by atomic mass is 32.1. The number of nitrogens with zero attached hydrogens (tertiary/aromatic N) is 1. The molecule has 1 aromatic heterocycles. The summed E-state index contributed by atoms with van der Waals surface area (Å²) < 4.78 is 18.7. The van der Waals surface area contributed by atoms with Gasteiger partial charge in [0.15, 0.2) is 11.6 Å². The largest absolute Gasteiger partial charge is 0.494 e. The molecule has 3 rings (SSSR count). The Labute approximate surface area is 127 Å². The Morgan fingerprint density at radius 1 is 1.43 bits per heavy atom. The first-order valence-electron chi connectivity index (χ1n) is 6.82. The van der Waals surface area contributed by atoms with Gasteiger partial charge in [0.2, 0.25) is 0 Å². The van der Waals surface area contributed by atoms with Crippen LogP contribution in [-0.2, 0) is 6.42 Å². The fraction of sp³-hybridized carbons (Fsp3) is 0.312. The standard InChI is InChI=1S/C16H16FNO2S/c1-10-12-6-8-21-15(12)5-7-18(10)16(19)11-3-4-14(20-2)13(17)9-11/h3-4,6,8-10H,5,7H2,1-2H3/t10-/m0/s1. The van der Waals surface area contributed by atoms with Crippen molar-refractivity contribution >= 4 is 17.2 Å². The van der Waals surface area contributed by atoms with Crippen LogP contribution in [0.25, 0.3) is 0 Å². The van der Waals surface area contributed by atoms with E-state index >= 15 is 0 Å². The second kappa shape index (κ2) is 5.48. The number of thiophene rings is 1. The van der Waals surface area contributed by atoms with Gasteiger partial charge in [-0.25, -0.2) is 4.39 Å². The molecule has 0 spiro atoms. The normalized spacial score (nSPS) is 17.5. The van der Waals surface area contributed by atoms with E-state index in [4.69, 9.17) is 4.74 Å². The summed E-state index contributed by atoms with van der Waals surface area (Å²) >= 11 is 1.73. The molecule has 1 atom stereocenters. The van der Waals surface area contributed by atoms with Crippen LogP contribution >= 0.6 is 11.3 Å². The molecule has 0 aliphatic carbocycles. The monoisotopic (exact) mass is 305 g/mol. The number of carbonyl (C=O) groups excluding carboxylic acids is 1. The van der Waals surface area contributed by atoms with Crippen LogP contribution in [0.2, 0.25) is 0 Å². The maximum absolute atomic E-state index is 13.8. The Morgan fingerprint density at radius 3 is 2.95 bits per heavy atom. The zero-order chi connectivity index (χ0) is 15.0. The third kappa shape index (κ3) is 2.42. The van der Waals surface area contributed by atoms with Gasteiger partial charge in [-0.1, -0.05) is 0 Å². The van der Waals surface area contributed by atoms with Crippen molar-refractivity contribution in [2.45, 2.75) is 19.4 Å². The average Bonchev–Trinajstić information content (AvgIpc) is 2.96. The van der Waals surface area contributed by atoms with Crippen molar-refractivity contribution in [1.82, 2.24) is 4.90 Å². The molecule has 0 fully saturated rings. The van der Waals surface area contributed by atoms with Gasteiger partial charge < -0.3 is 9.64 Å². The van der Waals surface area contributed by atoms with Crippen LogP contribution in [0.1, 0.15) is 33.8 Å². The molecule has 0 saturated carbocycles. The van der Waals surface area contributed by atoms with E-state index in [0.29, 0.717) is 12.1 Å². The number of carbonyl (C=O) groups is 1. The molecule has 0 bridgehead atoms. The predicted molar refractivity (Wildman–Crippen MR) is 80.4 cm³/mol. The number of ether oxygens (including phenoxy) is 1. The fourth-order valence-corrected chi connectivity index (χ4v) is 3.71. The fourth-order valence-electron chi connectivity index (χ4n) is 2.75. The van der Waals surface area contributed by atoms with Gasteiger partial charge in [0, 0.05) is 17.0 Å². The van der Waals surface area contributed by atoms with Gasteiger partial charge in [0.25, 0.3) is 5.91 Å². The van der Waals surface area contributed by atoms with Crippen molar-refractivity contribution in [3.05, 3.63) is 51.5 Å². The number of fused-ring (bicyclic) bond motifs is 1. The van der Waals surface area contributed by atoms with E-state index in [1.807, 2.05) is 6.92 Å². The molecule has 0 N–H and O–H groups in total. The van der Waals surface area contributed by atoms with Gasteiger partial charge in [-0.2, -0.15) is 0 Å². The minimum atomic E-state index is -0.510. The lowest BCUT2D eigenvalue weighted by atomic mass is 10.0. The summed E-state index contributed by atoms with van der Waals surface area (Å²) in [6.07, 6.45) is 0.863. The van der Waals surface area contributed by atoms with Crippen molar-refractivity contribution < 1.29 is 13.9 Å². The molecule has 0 radical (unpaired) electrons. The van der Waals surface area contributed by atoms with Crippen molar-refractivity contribution in [2.75, 3.05) is 13.7 Å². The first-order chi connectivity index (χ1) is 10.1. The highest BCUT2D eigenvalue weighted by Crippen LogP contribution is 2.33. The summed E-state index contributed by atoms with van der Waals surface area (Å²) in [6, 6.07) is 6.45. The van der Waals surface area contributed by atoms with Gasteiger partial charge in [-0.15, -0.1) is 11.3 Å². The lowest BCUT2D eigenvalue weighted by Crippen LogP contribution is -2.38. The predicted octanol–water partition coefficient (Wildman–Crippen LogP) is 3.66. The second-order valence-electron chi connectivity index (χ2n) is 5.07. The zero-order valence-corrected chi connectivity index (χ0v) is 12.7. The Bertz CT molecular complexity index is 683. The topological polar surface area (TPSA) is 29.5 Å². The summed E-state index contributed by atoms with van der Waals surface area (Å²) in [5.74, 6) is -0.497. The minimum Gasteiger partial charge on any atom is -0.494 e. The Hall–Kier alpha value is -1.88. The summed E-state index contributed by atoms with van der Waals surface area (Å²) in [7, 11) is 1.41. The van der Waals surface area contributed by atoms with Crippen molar-refractivity contribution in [2.24, 2.45) is 0 Å². The molecule has 5 heteroatoms. The second-order valence-corrected chi connectivity index (χ2v) is 6.07. The van der Waals surface area contributed by atoms with Gasteiger partial charge >= 0.3 is 0 Å². The third-order valence-electron chi connectivity index (χ3n) is 3.94. The average molecular weight is 305 g/mol. The summed E-state index contributed by atoms with van der Waals surface area (Å²) in [4.78, 5) is 15.8. The van der Waals surface area contributed by atoms with E-state index in [2.05, 4.69) is 11.4 Å². The third-order valence-corrected chi connectivity index (χ3v) is 4.93. The molecule has 0 saturated heterocycles. The molecule has 1 amide bonds. The highest BCUT2D eigenvalue weighted by molar-refractivity contribution is 7.10. The Kier molecular flexibility index (Phi) is 3.68. The maximum atomic E-state index is 13.8. The SMILES string of the molecule is COc1ccc(C(=O)N2CCc3sccc3[C@@H]2C)cc1F. The number of methoxy groups -OCH3 is 1. The van der Waals surface area contributed by atoms with Crippen LogP contribution < -0.4 is 4.74 Å². The zero-order valence-electron chi connectivity index (χ0n) is 11.9. The van der Waals surface area contributed by atoms with Gasteiger partial charge in [0.1, 0.15) is 0 Å². The van der Waals surface area contributed by atoms with E-state index in [0.717, 1.165) is 6.42 Å². The van der Waals surface area contributed by atoms with E-state index < -0.39 is 5.82 Å². The molecule has 1 aliphatic rings. The molecule has 21 heavy (non-hydrogen) atoms. The molecule has 1 aliphatic heterocycles. The first kappa shape index (κ1) is 14.1. The van der Waals surface area contributed by atoms with E-state index in [-0.39, 0.29) is 17.7 Å². The highest BCUT2D eigenvalue weighted by Gasteiger charge is 2.29. The van der Waals surface area contributed by atoms with Crippen LogP contribution in [0.5, 0.6) is 5.75 Å². The van der Waals surface area contributed by atoms with Crippen molar-refractivity contribution in [3.63, 3.8) is 0 Å². The number of rotatable bonds is 2. The quantitative estimate of drug-likeness (QED) is 0.847. The van der Waals surface area contributed by atoms with Crippen LogP contribution in [-0.4, -0.2) is 24.5 Å². The van der Waals surface area contributed by atoms with E-state index in [1.165, 1.54) is 29.7 Å². The van der Waals surface area contributed by atoms with Crippen LogP contribution in [0.15, 0.2) is 29.6 Å².